The molecule has 106 valence electrons. The van der Waals surface area contributed by atoms with Crippen LogP contribution in [0.5, 0.6) is 0 Å². The molecule has 21 heavy (non-hydrogen) atoms. The van der Waals surface area contributed by atoms with Crippen LogP contribution in [0.4, 0.5) is 10.1 Å². The molecule has 1 N–H and O–H groups in total. The molecule has 5 heteroatoms. The monoisotopic (exact) mass is 299 g/mol. The van der Waals surface area contributed by atoms with Crippen molar-refractivity contribution in [3.8, 4) is 10.6 Å². The molecule has 0 aliphatic carbocycles. The molecule has 0 amide bonds. The number of halogens is 1. The highest BCUT2D eigenvalue weighted by Gasteiger charge is 2.07. The number of aromatic nitrogens is 2. The van der Waals surface area contributed by atoms with Gasteiger partial charge in [0.1, 0.15) is 10.8 Å². The van der Waals surface area contributed by atoms with Crippen molar-refractivity contribution in [3.63, 3.8) is 0 Å². The van der Waals surface area contributed by atoms with E-state index in [4.69, 9.17) is 0 Å². The minimum atomic E-state index is -0.319. The van der Waals surface area contributed by atoms with Crippen LogP contribution in [0.25, 0.3) is 10.6 Å². The van der Waals surface area contributed by atoms with Crippen molar-refractivity contribution in [2.75, 3.05) is 5.32 Å². The molecule has 3 aromatic rings. The average Bonchev–Trinajstić information content (AvgIpc) is 3.02. The van der Waals surface area contributed by atoms with E-state index in [1.165, 1.54) is 12.3 Å². The van der Waals surface area contributed by atoms with E-state index in [0.717, 1.165) is 21.8 Å². The van der Waals surface area contributed by atoms with Gasteiger partial charge in [-0.25, -0.2) is 9.37 Å². The maximum absolute atomic E-state index is 13.2. The number of rotatable bonds is 4. The summed E-state index contributed by atoms with van der Waals surface area (Å²) >= 11 is 1.61. The number of anilines is 1. The highest BCUT2D eigenvalue weighted by molar-refractivity contribution is 7.13. The van der Waals surface area contributed by atoms with Gasteiger partial charge in [-0.1, -0.05) is 0 Å². The van der Waals surface area contributed by atoms with Crippen molar-refractivity contribution < 1.29 is 4.39 Å². The van der Waals surface area contributed by atoms with Crippen LogP contribution in [-0.4, -0.2) is 9.97 Å². The molecular weight excluding hydrogens is 285 g/mol. The first kappa shape index (κ1) is 13.7. The number of nitrogens with zero attached hydrogens (tertiary/aromatic N) is 2. The van der Waals surface area contributed by atoms with Gasteiger partial charge in [-0.2, -0.15) is 0 Å². The zero-order chi connectivity index (χ0) is 14.7. The Morgan fingerprint density at radius 1 is 1.19 bits per heavy atom. The summed E-state index contributed by atoms with van der Waals surface area (Å²) in [6, 6.07) is 9.53. The molecule has 1 aromatic carbocycles. The predicted molar refractivity (Wildman–Crippen MR) is 83.8 cm³/mol. The third-order valence-corrected chi connectivity index (χ3v) is 4.00. The normalized spacial score (nSPS) is 12.1. The van der Waals surface area contributed by atoms with E-state index in [0.29, 0.717) is 0 Å². The van der Waals surface area contributed by atoms with Crippen LogP contribution < -0.4 is 5.32 Å². The molecule has 0 aliphatic rings. The Morgan fingerprint density at radius 3 is 2.67 bits per heavy atom. The first-order valence-electron chi connectivity index (χ1n) is 6.59. The number of hydrogen-bond donors (Lipinski definition) is 1. The van der Waals surface area contributed by atoms with E-state index in [1.54, 1.807) is 23.7 Å². The molecule has 0 radical (unpaired) electrons. The van der Waals surface area contributed by atoms with Crippen LogP contribution >= 0.6 is 11.3 Å². The highest BCUT2D eigenvalue weighted by atomic mass is 32.1. The smallest absolute Gasteiger partial charge is 0.141 e. The summed E-state index contributed by atoms with van der Waals surface area (Å²) in [5, 5.41) is 6.30. The van der Waals surface area contributed by atoms with Gasteiger partial charge in [-0.05, 0) is 42.8 Å². The Balaban J connectivity index is 1.73. The predicted octanol–water partition coefficient (Wildman–Crippen LogP) is 4.52. The van der Waals surface area contributed by atoms with E-state index in [9.17, 15) is 4.39 Å². The van der Waals surface area contributed by atoms with Crippen LogP contribution in [0.1, 0.15) is 18.5 Å². The number of hydrogen-bond acceptors (Lipinski definition) is 4. The molecule has 2 aromatic heterocycles. The highest BCUT2D eigenvalue weighted by Crippen LogP contribution is 2.25. The van der Waals surface area contributed by atoms with Gasteiger partial charge in [0.25, 0.3) is 0 Å². The first-order chi connectivity index (χ1) is 10.2. The van der Waals surface area contributed by atoms with Crippen LogP contribution in [0, 0.1) is 5.82 Å². The maximum Gasteiger partial charge on any atom is 0.141 e. The van der Waals surface area contributed by atoms with Crippen LogP contribution in [0.3, 0.4) is 0 Å². The summed E-state index contributed by atoms with van der Waals surface area (Å²) < 4.78 is 13.2. The van der Waals surface area contributed by atoms with Gasteiger partial charge in [0.05, 0.1) is 12.2 Å². The zero-order valence-corrected chi connectivity index (χ0v) is 12.3. The van der Waals surface area contributed by atoms with E-state index in [1.807, 2.05) is 36.6 Å². The summed E-state index contributed by atoms with van der Waals surface area (Å²) in [6.07, 6.45) is 4.68. The van der Waals surface area contributed by atoms with E-state index >= 15 is 0 Å². The second-order valence-electron chi connectivity index (χ2n) is 4.72. The third kappa shape index (κ3) is 3.25. The number of nitrogens with one attached hydrogen (secondary N) is 1. The second kappa shape index (κ2) is 6.01. The minimum absolute atomic E-state index is 0.0149. The van der Waals surface area contributed by atoms with Crippen molar-refractivity contribution in [2.24, 2.45) is 0 Å². The van der Waals surface area contributed by atoms with Crippen LogP contribution in [0.2, 0.25) is 0 Å². The lowest BCUT2D eigenvalue weighted by molar-refractivity contribution is 0.616. The molecule has 0 saturated carbocycles. The quantitative estimate of drug-likeness (QED) is 0.770. The van der Waals surface area contributed by atoms with Crippen molar-refractivity contribution in [3.05, 3.63) is 65.7 Å². The maximum atomic E-state index is 13.2. The summed E-state index contributed by atoms with van der Waals surface area (Å²) in [6.45, 7) is 1.98. The number of benzene rings is 1. The summed E-state index contributed by atoms with van der Waals surface area (Å²) in [5.41, 5.74) is 2.89. The lowest BCUT2D eigenvalue weighted by Gasteiger charge is -2.15. The molecule has 1 unspecified atom stereocenters. The molecule has 2 heterocycles. The van der Waals surface area contributed by atoms with Crippen molar-refractivity contribution >= 4 is 17.0 Å². The van der Waals surface area contributed by atoms with Gasteiger partial charge in [0.15, 0.2) is 0 Å². The lowest BCUT2D eigenvalue weighted by atomic mass is 10.1. The molecule has 1 atom stereocenters. The van der Waals surface area contributed by atoms with E-state index in [-0.39, 0.29) is 11.9 Å². The Bertz CT molecular complexity index is 711. The van der Waals surface area contributed by atoms with Crippen LogP contribution in [-0.2, 0) is 0 Å². The van der Waals surface area contributed by atoms with Gasteiger partial charge < -0.3 is 5.32 Å². The lowest BCUT2D eigenvalue weighted by Crippen LogP contribution is -2.07. The second-order valence-corrected chi connectivity index (χ2v) is 5.61. The number of pyridine rings is 1. The van der Waals surface area contributed by atoms with Crippen molar-refractivity contribution in [1.82, 2.24) is 9.97 Å². The standard InChI is InChI=1S/C16H14FN3S/c1-11(13-8-14(17)10-18-9-13)20-15-4-2-12(3-5-15)16-19-6-7-21-16/h2-11,20H,1H3. The number of thiazole rings is 1. The third-order valence-electron chi connectivity index (χ3n) is 3.17. The van der Waals surface area contributed by atoms with E-state index in [2.05, 4.69) is 15.3 Å². The van der Waals surface area contributed by atoms with Gasteiger partial charge in [0, 0.05) is 29.0 Å². The van der Waals surface area contributed by atoms with Crippen molar-refractivity contribution in [1.29, 1.82) is 0 Å². The Labute approximate surface area is 126 Å². The van der Waals surface area contributed by atoms with Gasteiger partial charge in [-0.15, -0.1) is 11.3 Å². The molecule has 0 saturated heterocycles. The van der Waals surface area contributed by atoms with Crippen molar-refractivity contribution in [2.45, 2.75) is 13.0 Å². The fourth-order valence-corrected chi connectivity index (χ4v) is 2.72. The largest absolute Gasteiger partial charge is 0.378 e. The van der Waals surface area contributed by atoms with Gasteiger partial charge in [0.2, 0.25) is 0 Å². The SMILES string of the molecule is CC(Nc1ccc(-c2nccs2)cc1)c1cncc(F)c1. The molecule has 0 bridgehead atoms. The molecular formula is C16H14FN3S. The zero-order valence-electron chi connectivity index (χ0n) is 11.5. The van der Waals surface area contributed by atoms with E-state index < -0.39 is 0 Å². The Kier molecular flexibility index (Phi) is 3.92. The average molecular weight is 299 g/mol. The summed E-state index contributed by atoms with van der Waals surface area (Å²) in [7, 11) is 0. The Hall–Kier alpha value is -2.27. The molecule has 0 spiro atoms. The van der Waals surface area contributed by atoms with Crippen LogP contribution in [0.15, 0.2) is 54.3 Å². The van der Waals surface area contributed by atoms with Gasteiger partial charge >= 0.3 is 0 Å². The topological polar surface area (TPSA) is 37.8 Å². The Morgan fingerprint density at radius 2 is 2.00 bits per heavy atom. The fraction of sp³-hybridized carbons (Fsp3) is 0.125. The molecule has 0 aliphatic heterocycles. The summed E-state index contributed by atoms with van der Waals surface area (Å²) in [5.74, 6) is -0.319. The fourth-order valence-electron chi connectivity index (χ4n) is 2.07. The molecule has 3 nitrogen and oxygen atoms in total. The summed E-state index contributed by atoms with van der Waals surface area (Å²) in [4.78, 5) is 8.16. The van der Waals surface area contributed by atoms with Gasteiger partial charge in [-0.3, -0.25) is 4.98 Å². The molecule has 3 rings (SSSR count). The molecule has 0 fully saturated rings. The first-order valence-corrected chi connectivity index (χ1v) is 7.47. The minimum Gasteiger partial charge on any atom is -0.378 e.